The molecule has 4 nitrogen and oxygen atoms in total. The summed E-state index contributed by atoms with van der Waals surface area (Å²) in [5.41, 5.74) is -5.53. The highest BCUT2D eigenvalue weighted by Crippen LogP contribution is 2.20. The second kappa shape index (κ2) is 8.06. The van der Waals surface area contributed by atoms with E-state index in [0.29, 0.717) is 0 Å². The second-order valence-corrected chi connectivity index (χ2v) is 6.21. The van der Waals surface area contributed by atoms with Gasteiger partial charge in [-0.25, -0.2) is 0 Å². The van der Waals surface area contributed by atoms with Gasteiger partial charge in [0.2, 0.25) is 0 Å². The van der Waals surface area contributed by atoms with Crippen LogP contribution in [0.3, 0.4) is 0 Å². The number of piperidine rings is 1. The first-order valence-electron chi connectivity index (χ1n) is 6.34. The molecule has 0 saturated carbocycles. The number of hydrogen-bond acceptors (Lipinski definition) is 3. The average molecular weight is 305 g/mol. The zero-order chi connectivity index (χ0) is 15.1. The summed E-state index contributed by atoms with van der Waals surface area (Å²) in [6.45, 7) is 8.68. The van der Waals surface area contributed by atoms with Crippen molar-refractivity contribution < 1.29 is 26.1 Å². The van der Waals surface area contributed by atoms with Crippen molar-refractivity contribution in [2.24, 2.45) is 5.92 Å². The predicted octanol–water partition coefficient (Wildman–Crippen LogP) is 2.91. The SMILES string of the molecule is CCCCN1CCC(C)CC1.O=S(=O)(O)C(F)(F)F. The minimum Gasteiger partial charge on any atom is -0.303 e. The fraction of sp³-hybridized carbons (Fsp3) is 1.00. The fourth-order valence-corrected chi connectivity index (χ4v) is 1.67. The Kier molecular flexibility index (Phi) is 7.92. The zero-order valence-corrected chi connectivity index (χ0v) is 12.1. The van der Waals surface area contributed by atoms with E-state index >= 15 is 0 Å². The Morgan fingerprint density at radius 2 is 1.68 bits per heavy atom. The molecule has 116 valence electrons. The van der Waals surface area contributed by atoms with E-state index < -0.39 is 15.6 Å². The maximum Gasteiger partial charge on any atom is 0.522 e. The topological polar surface area (TPSA) is 57.6 Å². The first-order chi connectivity index (χ1) is 8.58. The molecule has 0 aromatic rings. The third-order valence-corrected chi connectivity index (χ3v) is 3.58. The van der Waals surface area contributed by atoms with E-state index in [0.717, 1.165) is 5.92 Å². The monoisotopic (exact) mass is 305 g/mol. The van der Waals surface area contributed by atoms with Crippen LogP contribution in [-0.4, -0.2) is 43.0 Å². The van der Waals surface area contributed by atoms with Gasteiger partial charge < -0.3 is 4.90 Å². The fourth-order valence-electron chi connectivity index (χ4n) is 1.67. The Labute approximate surface area is 112 Å². The number of nitrogens with zero attached hydrogens (tertiary/aromatic N) is 1. The lowest BCUT2D eigenvalue weighted by atomic mass is 9.99. The molecule has 0 unspecified atom stereocenters. The van der Waals surface area contributed by atoms with Crippen molar-refractivity contribution in [2.75, 3.05) is 19.6 Å². The van der Waals surface area contributed by atoms with Crippen molar-refractivity contribution >= 4 is 10.1 Å². The van der Waals surface area contributed by atoms with Crippen LogP contribution in [0, 0.1) is 5.92 Å². The van der Waals surface area contributed by atoms with Gasteiger partial charge in [0.25, 0.3) is 0 Å². The van der Waals surface area contributed by atoms with Gasteiger partial charge in [0.1, 0.15) is 0 Å². The van der Waals surface area contributed by atoms with Crippen molar-refractivity contribution in [3.05, 3.63) is 0 Å². The molecule has 0 radical (unpaired) electrons. The molecule has 1 aliphatic heterocycles. The molecule has 0 amide bonds. The van der Waals surface area contributed by atoms with E-state index in [2.05, 4.69) is 18.7 Å². The van der Waals surface area contributed by atoms with Crippen molar-refractivity contribution in [1.82, 2.24) is 4.90 Å². The Bertz CT molecular complexity index is 333. The van der Waals surface area contributed by atoms with E-state index in [9.17, 15) is 13.2 Å². The number of hydrogen-bond donors (Lipinski definition) is 1. The van der Waals surface area contributed by atoms with E-state index in [1.165, 1.54) is 45.3 Å². The largest absolute Gasteiger partial charge is 0.522 e. The van der Waals surface area contributed by atoms with Gasteiger partial charge in [-0.2, -0.15) is 21.6 Å². The number of halogens is 3. The number of likely N-dealkylation sites (tertiary alicyclic amines) is 1. The summed E-state index contributed by atoms with van der Waals surface area (Å²) in [6.07, 6.45) is 5.56. The second-order valence-electron chi connectivity index (χ2n) is 4.80. The first-order valence-corrected chi connectivity index (χ1v) is 7.78. The third kappa shape index (κ3) is 8.43. The molecule has 0 spiro atoms. The lowest BCUT2D eigenvalue weighted by molar-refractivity contribution is -0.0510. The molecule has 0 aromatic carbocycles. The van der Waals surface area contributed by atoms with Crippen LogP contribution in [0.4, 0.5) is 13.2 Å². The van der Waals surface area contributed by atoms with Crippen LogP contribution in [0.2, 0.25) is 0 Å². The van der Waals surface area contributed by atoms with Gasteiger partial charge in [-0.3, -0.25) is 4.55 Å². The summed E-state index contributed by atoms with van der Waals surface area (Å²) in [6, 6.07) is 0. The lowest BCUT2D eigenvalue weighted by Gasteiger charge is -2.29. The van der Waals surface area contributed by atoms with Gasteiger partial charge in [-0.1, -0.05) is 20.3 Å². The molecule has 1 N–H and O–H groups in total. The van der Waals surface area contributed by atoms with Crippen LogP contribution in [0.15, 0.2) is 0 Å². The van der Waals surface area contributed by atoms with Crippen LogP contribution in [0.1, 0.15) is 39.5 Å². The van der Waals surface area contributed by atoms with Crippen molar-refractivity contribution in [1.29, 1.82) is 0 Å². The Morgan fingerprint density at radius 1 is 1.26 bits per heavy atom. The molecule has 0 bridgehead atoms. The maximum absolute atomic E-state index is 10.7. The van der Waals surface area contributed by atoms with Gasteiger partial charge in [0, 0.05) is 0 Å². The van der Waals surface area contributed by atoms with E-state index in [-0.39, 0.29) is 0 Å². The molecule has 0 atom stereocenters. The molecule has 8 heteroatoms. The Balaban J connectivity index is 0.000000362. The lowest BCUT2D eigenvalue weighted by Crippen LogP contribution is -2.33. The third-order valence-electron chi connectivity index (χ3n) is 3.00. The van der Waals surface area contributed by atoms with Crippen LogP contribution < -0.4 is 0 Å². The molecule has 19 heavy (non-hydrogen) atoms. The normalized spacial score (nSPS) is 18.8. The van der Waals surface area contributed by atoms with Crippen LogP contribution in [-0.2, 0) is 10.1 Å². The smallest absolute Gasteiger partial charge is 0.303 e. The minimum atomic E-state index is -5.84. The molecule has 1 heterocycles. The summed E-state index contributed by atoms with van der Waals surface area (Å²) >= 11 is 0. The predicted molar refractivity (Wildman–Crippen MR) is 67.3 cm³/mol. The molecule has 0 aliphatic carbocycles. The molecular weight excluding hydrogens is 283 g/mol. The summed E-state index contributed by atoms with van der Waals surface area (Å²) in [5, 5.41) is 0. The van der Waals surface area contributed by atoms with Crippen molar-refractivity contribution in [3.8, 4) is 0 Å². The molecule has 1 saturated heterocycles. The highest BCUT2D eigenvalue weighted by atomic mass is 32.2. The Hall–Kier alpha value is -0.340. The summed E-state index contributed by atoms with van der Waals surface area (Å²) in [4.78, 5) is 2.61. The number of rotatable bonds is 3. The van der Waals surface area contributed by atoms with Crippen molar-refractivity contribution in [3.63, 3.8) is 0 Å². The Morgan fingerprint density at radius 3 is 2.00 bits per heavy atom. The molecular formula is C11H22F3NO3S. The average Bonchev–Trinajstić information content (AvgIpc) is 2.26. The summed E-state index contributed by atoms with van der Waals surface area (Å²) < 4.78 is 57.5. The van der Waals surface area contributed by atoms with Gasteiger partial charge in [0.05, 0.1) is 0 Å². The highest BCUT2D eigenvalue weighted by molar-refractivity contribution is 7.86. The molecule has 1 aliphatic rings. The minimum absolute atomic E-state index is 0.980. The van der Waals surface area contributed by atoms with E-state index in [1.54, 1.807) is 0 Å². The quantitative estimate of drug-likeness (QED) is 0.643. The van der Waals surface area contributed by atoms with E-state index in [4.69, 9.17) is 13.0 Å². The molecule has 1 fully saturated rings. The van der Waals surface area contributed by atoms with E-state index in [1.807, 2.05) is 0 Å². The van der Waals surface area contributed by atoms with Gasteiger partial charge in [-0.05, 0) is 44.8 Å². The van der Waals surface area contributed by atoms with Crippen LogP contribution >= 0.6 is 0 Å². The highest BCUT2D eigenvalue weighted by Gasteiger charge is 2.44. The van der Waals surface area contributed by atoms with Gasteiger partial charge >= 0.3 is 15.6 Å². The van der Waals surface area contributed by atoms with Gasteiger partial charge in [-0.15, -0.1) is 0 Å². The summed E-state index contributed by atoms with van der Waals surface area (Å²) in [7, 11) is -5.84. The zero-order valence-electron chi connectivity index (χ0n) is 11.3. The standard InChI is InChI=1S/C10H21N.CHF3O3S/c1-3-4-7-11-8-5-10(2)6-9-11;2-1(3,4)8(5,6)7/h10H,3-9H2,1-2H3;(H,5,6,7). The van der Waals surface area contributed by atoms with Crippen molar-refractivity contribution in [2.45, 2.75) is 45.0 Å². The first kappa shape index (κ1) is 18.7. The number of alkyl halides is 3. The molecule has 0 aromatic heterocycles. The van der Waals surface area contributed by atoms with Crippen LogP contribution in [0.5, 0.6) is 0 Å². The van der Waals surface area contributed by atoms with Crippen LogP contribution in [0.25, 0.3) is 0 Å². The van der Waals surface area contributed by atoms with Gasteiger partial charge in [0.15, 0.2) is 0 Å². The maximum atomic E-state index is 10.7. The summed E-state index contributed by atoms with van der Waals surface area (Å²) in [5.74, 6) is 0.980. The number of unbranched alkanes of at least 4 members (excludes halogenated alkanes) is 1. The molecule has 1 rings (SSSR count).